The van der Waals surface area contributed by atoms with Crippen LogP contribution in [-0.2, 0) is 9.78 Å². The summed E-state index contributed by atoms with van der Waals surface area (Å²) in [5, 5.41) is 0. The van der Waals surface area contributed by atoms with Gasteiger partial charge < -0.3 is 0 Å². The van der Waals surface area contributed by atoms with Crippen molar-refractivity contribution >= 4 is 0 Å². The van der Waals surface area contributed by atoms with E-state index < -0.39 is 0 Å². The Morgan fingerprint density at radius 1 is 1.71 bits per heavy atom. The average Bonchev–Trinajstić information content (AvgIpc) is 1.55. The molecule has 0 aromatic carbocycles. The van der Waals surface area contributed by atoms with Gasteiger partial charge in [-0.3, -0.25) is 0 Å². The predicted octanol–water partition coefficient (Wildman–Crippen LogP) is 1.12. The fraction of sp³-hybridized carbons (Fsp3) is 1.00. The Morgan fingerprint density at radius 2 is 2.43 bits per heavy atom. The molecule has 7 heavy (non-hydrogen) atoms. The van der Waals surface area contributed by atoms with Gasteiger partial charge in [0.15, 0.2) is 0 Å². The molecule has 2 nitrogen and oxygen atoms in total. The van der Waals surface area contributed by atoms with Crippen LogP contribution in [0.5, 0.6) is 0 Å². The van der Waals surface area contributed by atoms with Crippen molar-refractivity contribution in [3.8, 4) is 0 Å². The van der Waals surface area contributed by atoms with Crippen LogP contribution in [0.15, 0.2) is 0 Å². The van der Waals surface area contributed by atoms with E-state index >= 15 is 0 Å². The third kappa shape index (κ3) is 1.14. The summed E-state index contributed by atoms with van der Waals surface area (Å²) in [7, 11) is 0. The van der Waals surface area contributed by atoms with Gasteiger partial charge in [-0.25, -0.2) is 9.78 Å². The molecule has 0 unspecified atom stereocenters. The minimum atomic E-state index is 0.407. The van der Waals surface area contributed by atoms with Crippen LogP contribution in [0.3, 0.4) is 0 Å². The standard InChI is InChI=1S/C5H10O2/c1-2-3-5-4-6-7-5/h5H,2-4H2,1H3/t5-/m0/s1. The third-order valence-corrected chi connectivity index (χ3v) is 1.07. The molecule has 1 rings (SSSR count). The molecule has 1 saturated heterocycles. The number of hydrogen-bond acceptors (Lipinski definition) is 2. The third-order valence-electron chi connectivity index (χ3n) is 1.07. The van der Waals surface area contributed by atoms with E-state index in [-0.39, 0.29) is 0 Å². The van der Waals surface area contributed by atoms with E-state index in [0.29, 0.717) is 6.10 Å². The lowest BCUT2D eigenvalue weighted by Gasteiger charge is -2.23. The molecule has 0 spiro atoms. The molecule has 1 aliphatic heterocycles. The zero-order chi connectivity index (χ0) is 5.11. The van der Waals surface area contributed by atoms with Crippen molar-refractivity contribution in [3.63, 3.8) is 0 Å². The maximum atomic E-state index is 4.67. The quantitative estimate of drug-likeness (QED) is 0.486. The molecule has 0 radical (unpaired) electrons. The summed E-state index contributed by atoms with van der Waals surface area (Å²) in [4.78, 5) is 9.16. The minimum absolute atomic E-state index is 0.407. The lowest BCUT2D eigenvalue weighted by Crippen LogP contribution is -2.30. The normalized spacial score (nSPS) is 29.6. The zero-order valence-electron chi connectivity index (χ0n) is 4.52. The van der Waals surface area contributed by atoms with Crippen molar-refractivity contribution in [1.29, 1.82) is 0 Å². The maximum absolute atomic E-state index is 4.67. The van der Waals surface area contributed by atoms with Crippen LogP contribution in [0.25, 0.3) is 0 Å². The summed E-state index contributed by atoms with van der Waals surface area (Å²) >= 11 is 0. The minimum Gasteiger partial charge on any atom is -0.233 e. The Bertz CT molecular complexity index is 50.0. The lowest BCUT2D eigenvalue weighted by molar-refractivity contribution is -0.425. The van der Waals surface area contributed by atoms with Crippen molar-refractivity contribution in [3.05, 3.63) is 0 Å². The van der Waals surface area contributed by atoms with Crippen LogP contribution >= 0.6 is 0 Å². The van der Waals surface area contributed by atoms with Crippen molar-refractivity contribution in [2.45, 2.75) is 25.9 Å². The molecule has 1 heterocycles. The molecule has 0 aliphatic carbocycles. The van der Waals surface area contributed by atoms with Gasteiger partial charge in [-0.05, 0) is 6.42 Å². The fourth-order valence-electron chi connectivity index (χ4n) is 0.618. The highest BCUT2D eigenvalue weighted by atomic mass is 17.2. The van der Waals surface area contributed by atoms with E-state index in [1.165, 1.54) is 6.42 Å². The van der Waals surface area contributed by atoms with E-state index in [0.717, 1.165) is 13.0 Å². The van der Waals surface area contributed by atoms with Crippen LogP contribution < -0.4 is 0 Å². The lowest BCUT2D eigenvalue weighted by atomic mass is 10.2. The van der Waals surface area contributed by atoms with E-state index in [9.17, 15) is 0 Å². The number of rotatable bonds is 2. The molecule has 0 N–H and O–H groups in total. The Morgan fingerprint density at radius 3 is 2.57 bits per heavy atom. The smallest absolute Gasteiger partial charge is 0.119 e. The second-order valence-electron chi connectivity index (χ2n) is 1.79. The Labute approximate surface area is 43.3 Å². The van der Waals surface area contributed by atoms with Gasteiger partial charge in [-0.15, -0.1) is 0 Å². The van der Waals surface area contributed by atoms with Gasteiger partial charge in [-0.1, -0.05) is 13.3 Å². The molecule has 0 bridgehead atoms. The molecule has 1 aliphatic rings. The zero-order valence-corrected chi connectivity index (χ0v) is 4.52. The van der Waals surface area contributed by atoms with Crippen LogP contribution in [-0.4, -0.2) is 12.7 Å². The van der Waals surface area contributed by atoms with E-state index in [4.69, 9.17) is 0 Å². The highest BCUT2D eigenvalue weighted by Gasteiger charge is 2.18. The van der Waals surface area contributed by atoms with Crippen molar-refractivity contribution in [2.24, 2.45) is 0 Å². The molecule has 0 saturated carbocycles. The largest absolute Gasteiger partial charge is 0.233 e. The molecule has 2 heteroatoms. The van der Waals surface area contributed by atoms with Crippen LogP contribution in [0.4, 0.5) is 0 Å². The van der Waals surface area contributed by atoms with Gasteiger partial charge >= 0.3 is 0 Å². The summed E-state index contributed by atoms with van der Waals surface area (Å²) in [6.45, 7) is 2.94. The summed E-state index contributed by atoms with van der Waals surface area (Å²) < 4.78 is 0. The fourth-order valence-corrected chi connectivity index (χ4v) is 0.618. The molecule has 0 aromatic heterocycles. The van der Waals surface area contributed by atoms with Crippen molar-refractivity contribution in [1.82, 2.24) is 0 Å². The molecular weight excluding hydrogens is 92.1 g/mol. The van der Waals surface area contributed by atoms with Gasteiger partial charge in [0.25, 0.3) is 0 Å². The van der Waals surface area contributed by atoms with Crippen LogP contribution in [0.1, 0.15) is 19.8 Å². The first kappa shape index (κ1) is 5.06. The molecule has 0 amide bonds. The monoisotopic (exact) mass is 102 g/mol. The summed E-state index contributed by atoms with van der Waals surface area (Å²) in [5.41, 5.74) is 0. The highest BCUT2D eigenvalue weighted by molar-refractivity contribution is 4.56. The molecule has 0 aromatic rings. The van der Waals surface area contributed by atoms with Crippen LogP contribution in [0, 0.1) is 0 Å². The van der Waals surface area contributed by atoms with Gasteiger partial charge in [0.05, 0.1) is 0 Å². The first-order valence-electron chi connectivity index (χ1n) is 2.71. The second-order valence-corrected chi connectivity index (χ2v) is 1.79. The molecule has 1 atom stereocenters. The summed E-state index contributed by atoms with van der Waals surface area (Å²) in [5.74, 6) is 0. The van der Waals surface area contributed by atoms with Gasteiger partial charge in [-0.2, -0.15) is 0 Å². The first-order valence-corrected chi connectivity index (χ1v) is 2.71. The van der Waals surface area contributed by atoms with Gasteiger partial charge in [0.2, 0.25) is 0 Å². The average molecular weight is 102 g/mol. The Kier molecular flexibility index (Phi) is 1.65. The topological polar surface area (TPSA) is 18.5 Å². The summed E-state index contributed by atoms with van der Waals surface area (Å²) in [6.07, 6.45) is 2.73. The van der Waals surface area contributed by atoms with Gasteiger partial charge in [0, 0.05) is 0 Å². The molecule has 1 fully saturated rings. The summed E-state index contributed by atoms with van der Waals surface area (Å²) in [6, 6.07) is 0. The van der Waals surface area contributed by atoms with E-state index in [1.807, 2.05) is 0 Å². The SMILES string of the molecule is CCC[C@H]1COO1. The molecular formula is C5H10O2. The maximum Gasteiger partial charge on any atom is 0.119 e. The van der Waals surface area contributed by atoms with Crippen molar-refractivity contribution in [2.75, 3.05) is 6.61 Å². The Balaban J connectivity index is 1.93. The van der Waals surface area contributed by atoms with Gasteiger partial charge in [0.1, 0.15) is 12.7 Å². The highest BCUT2D eigenvalue weighted by Crippen LogP contribution is 2.11. The number of hydrogen-bond donors (Lipinski definition) is 0. The molecule has 42 valence electrons. The van der Waals surface area contributed by atoms with Crippen molar-refractivity contribution < 1.29 is 9.78 Å². The van der Waals surface area contributed by atoms with Crippen LogP contribution in [0.2, 0.25) is 0 Å². The van der Waals surface area contributed by atoms with E-state index in [2.05, 4.69) is 16.7 Å². The van der Waals surface area contributed by atoms with E-state index in [1.54, 1.807) is 0 Å². The first-order chi connectivity index (χ1) is 3.43. The Hall–Kier alpha value is -0.0800. The predicted molar refractivity (Wildman–Crippen MR) is 25.7 cm³/mol. The second kappa shape index (κ2) is 2.28.